The first kappa shape index (κ1) is 18.5. The summed E-state index contributed by atoms with van der Waals surface area (Å²) in [6.07, 6.45) is 0. The molecule has 0 fully saturated rings. The Balaban J connectivity index is 1.84. The van der Waals surface area contributed by atoms with Crippen LogP contribution in [0.25, 0.3) is 0 Å². The van der Waals surface area contributed by atoms with Gasteiger partial charge in [0, 0.05) is 11.4 Å². The largest absolute Gasteiger partial charge is 0.497 e. The first-order valence-electron chi connectivity index (χ1n) is 8.59. The van der Waals surface area contributed by atoms with E-state index >= 15 is 0 Å². The fourth-order valence-electron chi connectivity index (χ4n) is 2.68. The number of amides is 1. The van der Waals surface area contributed by atoms with Crippen molar-refractivity contribution in [2.75, 3.05) is 17.7 Å². The quantitative estimate of drug-likeness (QED) is 0.652. The molecule has 5 heteroatoms. The zero-order valence-electron chi connectivity index (χ0n) is 15.2. The summed E-state index contributed by atoms with van der Waals surface area (Å²) in [4.78, 5) is 12.9. The topological polar surface area (TPSA) is 50.4 Å². The molecule has 3 aromatic carbocycles. The minimum atomic E-state index is -0.671. The summed E-state index contributed by atoms with van der Waals surface area (Å²) in [6.45, 7) is 1.70. The Hall–Kier alpha value is -3.34. The highest BCUT2D eigenvalue weighted by Gasteiger charge is 2.21. The van der Waals surface area contributed by atoms with Gasteiger partial charge in [0.05, 0.1) is 7.11 Å². The lowest BCUT2D eigenvalue weighted by molar-refractivity contribution is -0.117. The van der Waals surface area contributed by atoms with Crippen LogP contribution in [0.4, 0.5) is 15.8 Å². The Morgan fingerprint density at radius 3 is 2.26 bits per heavy atom. The number of anilines is 2. The second-order valence-electron chi connectivity index (χ2n) is 6.17. The Morgan fingerprint density at radius 2 is 1.63 bits per heavy atom. The second-order valence-corrected chi connectivity index (χ2v) is 6.17. The number of rotatable bonds is 6. The van der Waals surface area contributed by atoms with Gasteiger partial charge in [-0.15, -0.1) is 0 Å². The minimum Gasteiger partial charge on any atom is -0.497 e. The van der Waals surface area contributed by atoms with Gasteiger partial charge in [0.25, 0.3) is 5.91 Å². The number of halogens is 1. The molecule has 0 saturated heterocycles. The number of benzene rings is 3. The van der Waals surface area contributed by atoms with Crippen molar-refractivity contribution in [1.82, 2.24) is 0 Å². The maximum Gasteiger partial charge on any atom is 0.251 e. The lowest BCUT2D eigenvalue weighted by Gasteiger charge is -2.20. The molecule has 1 amide bonds. The van der Waals surface area contributed by atoms with Gasteiger partial charge in [0.1, 0.15) is 17.6 Å². The van der Waals surface area contributed by atoms with Crippen LogP contribution in [-0.2, 0) is 4.79 Å². The predicted octanol–water partition coefficient (Wildman–Crippen LogP) is 4.93. The van der Waals surface area contributed by atoms with E-state index in [1.807, 2.05) is 30.3 Å². The molecule has 0 heterocycles. The Labute approximate surface area is 158 Å². The maximum absolute atomic E-state index is 13.9. The number of ether oxygens (including phenoxy) is 1. The van der Waals surface area contributed by atoms with Crippen LogP contribution in [-0.4, -0.2) is 13.0 Å². The summed E-state index contributed by atoms with van der Waals surface area (Å²) in [6, 6.07) is 20.6. The number of carbonyl (C=O) groups is 1. The molecule has 0 radical (unpaired) electrons. The summed E-state index contributed by atoms with van der Waals surface area (Å²) in [5, 5.41) is 6.02. The van der Waals surface area contributed by atoms with Crippen molar-refractivity contribution in [3.8, 4) is 5.75 Å². The number of hydrogen-bond acceptors (Lipinski definition) is 3. The summed E-state index contributed by atoms with van der Waals surface area (Å²) >= 11 is 0. The zero-order chi connectivity index (χ0) is 19.2. The standard InChI is InChI=1S/C22H21FN2O2/c1-15-8-9-18(14-20(15)23)24-21(16-6-4-3-5-7-16)22(26)25-17-10-12-19(27-2)13-11-17/h3-14,21,24H,1-2H3,(H,25,26). The number of nitrogens with one attached hydrogen (secondary N) is 2. The monoisotopic (exact) mass is 364 g/mol. The molecule has 1 atom stereocenters. The van der Waals surface area contributed by atoms with Crippen LogP contribution in [0.2, 0.25) is 0 Å². The fraction of sp³-hybridized carbons (Fsp3) is 0.136. The molecule has 3 rings (SSSR count). The van der Waals surface area contributed by atoms with Crippen molar-refractivity contribution in [1.29, 1.82) is 0 Å². The van der Waals surface area contributed by atoms with Crippen LogP contribution in [0.5, 0.6) is 5.75 Å². The number of carbonyl (C=O) groups excluding carboxylic acids is 1. The van der Waals surface area contributed by atoms with Crippen molar-refractivity contribution in [3.63, 3.8) is 0 Å². The van der Waals surface area contributed by atoms with Gasteiger partial charge in [-0.3, -0.25) is 4.79 Å². The molecule has 138 valence electrons. The van der Waals surface area contributed by atoms with E-state index in [0.717, 1.165) is 5.56 Å². The van der Waals surface area contributed by atoms with Gasteiger partial charge < -0.3 is 15.4 Å². The number of hydrogen-bond donors (Lipinski definition) is 2. The van der Waals surface area contributed by atoms with Gasteiger partial charge in [0.2, 0.25) is 0 Å². The van der Waals surface area contributed by atoms with E-state index in [2.05, 4.69) is 10.6 Å². The third-order valence-corrected chi connectivity index (χ3v) is 4.24. The number of aryl methyl sites for hydroxylation is 1. The SMILES string of the molecule is COc1ccc(NC(=O)C(Nc2ccc(C)c(F)c2)c2ccccc2)cc1. The van der Waals surface area contributed by atoms with Crippen LogP contribution >= 0.6 is 0 Å². The van der Waals surface area contributed by atoms with E-state index < -0.39 is 6.04 Å². The highest BCUT2D eigenvalue weighted by Crippen LogP contribution is 2.24. The van der Waals surface area contributed by atoms with Crippen molar-refractivity contribution >= 4 is 17.3 Å². The average molecular weight is 364 g/mol. The van der Waals surface area contributed by atoms with E-state index in [9.17, 15) is 9.18 Å². The van der Waals surface area contributed by atoms with Crippen LogP contribution < -0.4 is 15.4 Å². The highest BCUT2D eigenvalue weighted by molar-refractivity contribution is 5.97. The van der Waals surface area contributed by atoms with Gasteiger partial charge in [-0.25, -0.2) is 4.39 Å². The molecular weight excluding hydrogens is 343 g/mol. The van der Waals surface area contributed by atoms with Crippen LogP contribution in [0.1, 0.15) is 17.2 Å². The van der Waals surface area contributed by atoms with Crippen molar-refractivity contribution < 1.29 is 13.9 Å². The summed E-state index contributed by atoms with van der Waals surface area (Å²) in [5.74, 6) is 0.149. The van der Waals surface area contributed by atoms with E-state index in [-0.39, 0.29) is 11.7 Å². The molecule has 3 aromatic rings. The summed E-state index contributed by atoms with van der Waals surface area (Å²) in [5.41, 5.74) is 2.53. The van der Waals surface area contributed by atoms with Gasteiger partial charge in [-0.2, -0.15) is 0 Å². The molecule has 0 aliphatic rings. The molecule has 0 saturated carbocycles. The summed E-state index contributed by atoms with van der Waals surface area (Å²) in [7, 11) is 1.59. The van der Waals surface area contributed by atoms with Crippen LogP contribution in [0.15, 0.2) is 72.8 Å². The third kappa shape index (κ3) is 4.64. The first-order valence-corrected chi connectivity index (χ1v) is 8.59. The number of methoxy groups -OCH3 is 1. The van der Waals surface area contributed by atoms with Gasteiger partial charge in [-0.1, -0.05) is 36.4 Å². The van der Waals surface area contributed by atoms with Crippen LogP contribution in [0.3, 0.4) is 0 Å². The van der Waals surface area contributed by atoms with E-state index in [1.165, 1.54) is 6.07 Å². The lowest BCUT2D eigenvalue weighted by atomic mass is 10.1. The molecule has 0 bridgehead atoms. The van der Waals surface area contributed by atoms with Crippen molar-refractivity contribution in [2.45, 2.75) is 13.0 Å². The molecule has 0 spiro atoms. The Kier molecular flexibility index (Phi) is 5.71. The molecule has 0 aliphatic carbocycles. The van der Waals surface area contributed by atoms with E-state index in [0.29, 0.717) is 22.7 Å². The molecular formula is C22H21FN2O2. The Morgan fingerprint density at radius 1 is 0.963 bits per heavy atom. The predicted molar refractivity (Wildman–Crippen MR) is 106 cm³/mol. The molecule has 0 aliphatic heterocycles. The molecule has 4 nitrogen and oxygen atoms in total. The van der Waals surface area contributed by atoms with Gasteiger partial charge in [0.15, 0.2) is 0 Å². The van der Waals surface area contributed by atoms with Gasteiger partial charge >= 0.3 is 0 Å². The second kappa shape index (κ2) is 8.36. The van der Waals surface area contributed by atoms with Gasteiger partial charge in [-0.05, 0) is 54.4 Å². The lowest BCUT2D eigenvalue weighted by Crippen LogP contribution is -2.27. The Bertz CT molecular complexity index is 911. The zero-order valence-corrected chi connectivity index (χ0v) is 15.2. The van der Waals surface area contributed by atoms with E-state index in [4.69, 9.17) is 4.74 Å². The smallest absolute Gasteiger partial charge is 0.251 e. The first-order chi connectivity index (χ1) is 13.1. The maximum atomic E-state index is 13.9. The normalized spacial score (nSPS) is 11.5. The van der Waals surface area contributed by atoms with Crippen molar-refractivity contribution in [2.24, 2.45) is 0 Å². The molecule has 0 aromatic heterocycles. The van der Waals surface area contributed by atoms with Crippen LogP contribution in [0, 0.1) is 12.7 Å². The summed E-state index contributed by atoms with van der Waals surface area (Å²) < 4.78 is 19.0. The highest BCUT2D eigenvalue weighted by atomic mass is 19.1. The molecule has 27 heavy (non-hydrogen) atoms. The molecule has 1 unspecified atom stereocenters. The van der Waals surface area contributed by atoms with E-state index in [1.54, 1.807) is 50.4 Å². The molecule has 2 N–H and O–H groups in total. The third-order valence-electron chi connectivity index (χ3n) is 4.24. The average Bonchev–Trinajstić information content (AvgIpc) is 2.70. The fourth-order valence-corrected chi connectivity index (χ4v) is 2.68. The van der Waals surface area contributed by atoms with Crippen molar-refractivity contribution in [3.05, 3.63) is 89.7 Å². The minimum absolute atomic E-state index is 0.243.